The first-order valence-electron chi connectivity index (χ1n) is 4.68. The number of amides is 1. The predicted molar refractivity (Wildman–Crippen MR) is 51.0 cm³/mol. The van der Waals surface area contributed by atoms with Gasteiger partial charge in [-0.1, -0.05) is 13.8 Å². The van der Waals surface area contributed by atoms with Gasteiger partial charge in [-0.3, -0.25) is 4.79 Å². The molecule has 0 heterocycles. The van der Waals surface area contributed by atoms with Crippen molar-refractivity contribution in [3.05, 3.63) is 0 Å². The molecule has 1 amide bonds. The van der Waals surface area contributed by atoms with Crippen LogP contribution in [-0.4, -0.2) is 26.0 Å². The fraction of sp³-hybridized carbons (Fsp3) is 0.889. The molecule has 0 spiro atoms. The zero-order chi connectivity index (χ0) is 9.40. The second kappa shape index (κ2) is 7.10. The summed E-state index contributed by atoms with van der Waals surface area (Å²) in [6, 6.07) is 0. The minimum Gasteiger partial charge on any atom is -0.356 e. The molecule has 1 unspecified atom stereocenters. The molecule has 0 saturated heterocycles. The van der Waals surface area contributed by atoms with Crippen LogP contribution in [0, 0.1) is 5.92 Å². The molecule has 0 aromatic rings. The monoisotopic (exact) mass is 172 g/mol. The fourth-order valence-corrected chi connectivity index (χ4v) is 1.06. The third-order valence-corrected chi connectivity index (χ3v) is 1.86. The Morgan fingerprint density at radius 1 is 1.42 bits per heavy atom. The van der Waals surface area contributed by atoms with Crippen molar-refractivity contribution in [3.8, 4) is 0 Å². The van der Waals surface area contributed by atoms with Crippen LogP contribution in [0.5, 0.6) is 0 Å². The smallest absolute Gasteiger partial charge is 0.224 e. The van der Waals surface area contributed by atoms with Crippen molar-refractivity contribution in [1.82, 2.24) is 10.6 Å². The van der Waals surface area contributed by atoms with E-state index in [0.29, 0.717) is 0 Å². The van der Waals surface area contributed by atoms with E-state index in [1.807, 2.05) is 14.0 Å². The maximum Gasteiger partial charge on any atom is 0.224 e. The van der Waals surface area contributed by atoms with Crippen LogP contribution in [0.2, 0.25) is 0 Å². The number of carbonyl (C=O) groups is 1. The van der Waals surface area contributed by atoms with Gasteiger partial charge in [-0.15, -0.1) is 0 Å². The molecular weight excluding hydrogens is 152 g/mol. The molecule has 0 fully saturated rings. The summed E-state index contributed by atoms with van der Waals surface area (Å²) in [5, 5.41) is 5.90. The summed E-state index contributed by atoms with van der Waals surface area (Å²) in [4.78, 5) is 11.4. The Bertz CT molecular complexity index is 126. The van der Waals surface area contributed by atoms with Gasteiger partial charge >= 0.3 is 0 Å². The lowest BCUT2D eigenvalue weighted by Gasteiger charge is -2.13. The maximum absolute atomic E-state index is 11.4. The average molecular weight is 172 g/mol. The largest absolute Gasteiger partial charge is 0.356 e. The van der Waals surface area contributed by atoms with E-state index in [9.17, 15) is 4.79 Å². The van der Waals surface area contributed by atoms with E-state index in [1.54, 1.807) is 0 Å². The third-order valence-electron chi connectivity index (χ3n) is 1.86. The molecule has 3 nitrogen and oxygen atoms in total. The number of carbonyl (C=O) groups excluding carboxylic acids is 1. The Morgan fingerprint density at radius 3 is 2.50 bits per heavy atom. The lowest BCUT2D eigenvalue weighted by molar-refractivity contribution is -0.124. The molecule has 0 aliphatic rings. The van der Waals surface area contributed by atoms with Gasteiger partial charge in [0, 0.05) is 13.1 Å². The topological polar surface area (TPSA) is 41.1 Å². The van der Waals surface area contributed by atoms with Gasteiger partial charge in [0.25, 0.3) is 0 Å². The molecule has 0 saturated carbocycles. The van der Waals surface area contributed by atoms with Crippen molar-refractivity contribution in [1.29, 1.82) is 0 Å². The third kappa shape index (κ3) is 4.34. The van der Waals surface area contributed by atoms with Crippen LogP contribution < -0.4 is 10.6 Å². The van der Waals surface area contributed by atoms with Crippen LogP contribution in [0.3, 0.4) is 0 Å². The normalized spacial score (nSPS) is 12.6. The zero-order valence-electron chi connectivity index (χ0n) is 8.31. The van der Waals surface area contributed by atoms with Crippen molar-refractivity contribution >= 4 is 5.91 Å². The van der Waals surface area contributed by atoms with Crippen molar-refractivity contribution in [2.75, 3.05) is 20.1 Å². The molecule has 2 N–H and O–H groups in total. The Balaban J connectivity index is 3.69. The molecular formula is C9H20N2O. The highest BCUT2D eigenvalue weighted by atomic mass is 16.1. The molecule has 0 aliphatic carbocycles. The summed E-state index contributed by atoms with van der Waals surface area (Å²) in [5.74, 6) is 0.301. The Hall–Kier alpha value is -0.570. The molecule has 1 atom stereocenters. The quantitative estimate of drug-likeness (QED) is 0.621. The van der Waals surface area contributed by atoms with Gasteiger partial charge in [0.15, 0.2) is 0 Å². The minimum atomic E-state index is 0.126. The Kier molecular flexibility index (Phi) is 6.76. The van der Waals surface area contributed by atoms with Crippen LogP contribution in [-0.2, 0) is 4.79 Å². The van der Waals surface area contributed by atoms with Gasteiger partial charge in [0.2, 0.25) is 5.91 Å². The molecule has 12 heavy (non-hydrogen) atoms. The molecule has 0 aromatic carbocycles. The van der Waals surface area contributed by atoms with Gasteiger partial charge in [-0.2, -0.15) is 0 Å². The first-order chi connectivity index (χ1) is 5.76. The van der Waals surface area contributed by atoms with E-state index < -0.39 is 0 Å². The van der Waals surface area contributed by atoms with E-state index in [-0.39, 0.29) is 11.8 Å². The second-order valence-electron chi connectivity index (χ2n) is 2.95. The van der Waals surface area contributed by atoms with Crippen molar-refractivity contribution in [3.63, 3.8) is 0 Å². The van der Waals surface area contributed by atoms with Gasteiger partial charge in [0.1, 0.15) is 0 Å². The predicted octanol–water partition coefficient (Wildman–Crippen LogP) is 0.758. The van der Waals surface area contributed by atoms with E-state index in [0.717, 1.165) is 25.9 Å². The highest BCUT2D eigenvalue weighted by Crippen LogP contribution is 2.00. The van der Waals surface area contributed by atoms with Crippen LogP contribution in [0.15, 0.2) is 0 Å². The van der Waals surface area contributed by atoms with Gasteiger partial charge in [-0.05, 0) is 19.9 Å². The van der Waals surface area contributed by atoms with E-state index in [1.165, 1.54) is 0 Å². The van der Waals surface area contributed by atoms with E-state index >= 15 is 0 Å². The van der Waals surface area contributed by atoms with Crippen LogP contribution in [0.25, 0.3) is 0 Å². The average Bonchev–Trinajstić information content (AvgIpc) is 2.10. The van der Waals surface area contributed by atoms with Crippen LogP contribution in [0.4, 0.5) is 0 Å². The molecule has 0 aliphatic heterocycles. The first-order valence-corrected chi connectivity index (χ1v) is 4.68. The summed E-state index contributed by atoms with van der Waals surface area (Å²) in [6.07, 6.45) is 1.90. The molecule has 0 aromatic heterocycles. The summed E-state index contributed by atoms with van der Waals surface area (Å²) >= 11 is 0. The Morgan fingerprint density at radius 2 is 2.08 bits per heavy atom. The van der Waals surface area contributed by atoms with Crippen molar-refractivity contribution in [2.24, 2.45) is 5.92 Å². The molecule has 0 radical (unpaired) electrons. The number of hydrogen-bond acceptors (Lipinski definition) is 2. The number of rotatable bonds is 6. The minimum absolute atomic E-state index is 0.126. The van der Waals surface area contributed by atoms with E-state index in [4.69, 9.17) is 0 Å². The first kappa shape index (κ1) is 11.4. The van der Waals surface area contributed by atoms with Gasteiger partial charge in [0.05, 0.1) is 5.92 Å². The number of nitrogens with one attached hydrogen (secondary N) is 2. The van der Waals surface area contributed by atoms with E-state index in [2.05, 4.69) is 17.6 Å². The SMILES string of the molecule is CCCNC(=O)C(CC)CNC. The maximum atomic E-state index is 11.4. The lowest BCUT2D eigenvalue weighted by Crippen LogP contribution is -2.35. The zero-order valence-corrected chi connectivity index (χ0v) is 8.31. The highest BCUT2D eigenvalue weighted by molar-refractivity contribution is 5.78. The van der Waals surface area contributed by atoms with Gasteiger partial charge < -0.3 is 10.6 Å². The Labute approximate surface area is 74.9 Å². The summed E-state index contributed by atoms with van der Waals surface area (Å²) in [5.41, 5.74) is 0. The summed E-state index contributed by atoms with van der Waals surface area (Å²) in [6.45, 7) is 5.65. The molecule has 3 heteroatoms. The van der Waals surface area contributed by atoms with Crippen molar-refractivity contribution in [2.45, 2.75) is 26.7 Å². The molecule has 72 valence electrons. The second-order valence-corrected chi connectivity index (χ2v) is 2.95. The number of hydrogen-bond donors (Lipinski definition) is 2. The van der Waals surface area contributed by atoms with Crippen LogP contribution >= 0.6 is 0 Å². The van der Waals surface area contributed by atoms with Crippen molar-refractivity contribution < 1.29 is 4.79 Å². The standard InChI is InChI=1S/C9H20N2O/c1-4-6-11-9(12)8(5-2)7-10-3/h8,10H,4-7H2,1-3H3,(H,11,12). The fourth-order valence-electron chi connectivity index (χ4n) is 1.06. The molecule has 0 bridgehead atoms. The molecule has 0 rings (SSSR count). The van der Waals surface area contributed by atoms with Crippen LogP contribution in [0.1, 0.15) is 26.7 Å². The summed E-state index contributed by atoms with van der Waals surface area (Å²) < 4.78 is 0. The lowest BCUT2D eigenvalue weighted by atomic mass is 10.1. The van der Waals surface area contributed by atoms with Gasteiger partial charge in [-0.25, -0.2) is 0 Å². The highest BCUT2D eigenvalue weighted by Gasteiger charge is 2.13. The summed E-state index contributed by atoms with van der Waals surface area (Å²) in [7, 11) is 1.87.